The summed E-state index contributed by atoms with van der Waals surface area (Å²) in [5, 5.41) is 11.8. The number of rotatable bonds is 7. The van der Waals surface area contributed by atoms with E-state index < -0.39 is 0 Å². The maximum Gasteiger partial charge on any atom is 0.225 e. The molecule has 2 aromatic carbocycles. The molecule has 1 aromatic heterocycles. The number of hydrogen-bond acceptors (Lipinski definition) is 6. The molecule has 0 aliphatic heterocycles. The maximum absolute atomic E-state index is 12.2. The molecule has 1 heterocycles. The normalized spacial score (nSPS) is 10.7. The molecular formula is C18H18BrN5OS2. The highest BCUT2D eigenvalue weighted by Crippen LogP contribution is 2.28. The Morgan fingerprint density at radius 2 is 1.93 bits per heavy atom. The first-order valence-corrected chi connectivity index (χ1v) is 11.1. The van der Waals surface area contributed by atoms with Gasteiger partial charge in [0.05, 0.1) is 5.69 Å². The van der Waals surface area contributed by atoms with Gasteiger partial charge >= 0.3 is 0 Å². The van der Waals surface area contributed by atoms with Gasteiger partial charge in [-0.1, -0.05) is 52.0 Å². The Labute approximate surface area is 174 Å². The number of amides is 1. The van der Waals surface area contributed by atoms with E-state index in [0.717, 1.165) is 20.6 Å². The summed E-state index contributed by atoms with van der Waals surface area (Å²) < 4.78 is 2.35. The monoisotopic (exact) mass is 463 g/mol. The molecule has 1 amide bonds. The number of thioether (sulfide) groups is 2. The van der Waals surface area contributed by atoms with Crippen LogP contribution in [0.1, 0.15) is 6.42 Å². The highest BCUT2D eigenvalue weighted by Gasteiger charge is 2.15. The second kappa shape index (κ2) is 9.29. The highest BCUT2D eigenvalue weighted by molar-refractivity contribution is 9.10. The molecule has 0 aliphatic rings. The van der Waals surface area contributed by atoms with Gasteiger partial charge in [0, 0.05) is 27.1 Å². The summed E-state index contributed by atoms with van der Waals surface area (Å²) >= 11 is 6.49. The highest BCUT2D eigenvalue weighted by atomic mass is 79.9. The molecule has 9 heteroatoms. The Morgan fingerprint density at radius 3 is 2.70 bits per heavy atom. The molecule has 3 N–H and O–H groups in total. The van der Waals surface area contributed by atoms with Crippen molar-refractivity contribution in [3.05, 3.63) is 53.0 Å². The summed E-state index contributed by atoms with van der Waals surface area (Å²) in [6.07, 6.45) is 2.34. The molecule has 0 spiro atoms. The zero-order valence-electron chi connectivity index (χ0n) is 14.6. The van der Waals surface area contributed by atoms with E-state index in [1.165, 1.54) is 16.4 Å². The van der Waals surface area contributed by atoms with E-state index in [9.17, 15) is 4.79 Å². The quantitative estimate of drug-likeness (QED) is 0.401. The van der Waals surface area contributed by atoms with E-state index in [0.29, 0.717) is 23.2 Å². The van der Waals surface area contributed by atoms with Crippen LogP contribution in [0.25, 0.3) is 11.4 Å². The smallest absolute Gasteiger partial charge is 0.225 e. The van der Waals surface area contributed by atoms with Gasteiger partial charge in [0.25, 0.3) is 0 Å². The van der Waals surface area contributed by atoms with Crippen molar-refractivity contribution in [2.75, 3.05) is 23.2 Å². The summed E-state index contributed by atoms with van der Waals surface area (Å²) in [6, 6.07) is 15.4. The fourth-order valence-electron chi connectivity index (χ4n) is 2.40. The molecule has 0 atom stereocenters. The predicted molar refractivity (Wildman–Crippen MR) is 116 cm³/mol. The van der Waals surface area contributed by atoms with E-state index in [1.54, 1.807) is 11.8 Å². The largest absolute Gasteiger partial charge is 0.335 e. The van der Waals surface area contributed by atoms with Gasteiger partial charge in [-0.3, -0.25) is 4.79 Å². The number of anilines is 1. The van der Waals surface area contributed by atoms with Crippen molar-refractivity contribution in [2.24, 2.45) is 0 Å². The van der Waals surface area contributed by atoms with Crippen LogP contribution >= 0.6 is 39.5 Å². The van der Waals surface area contributed by atoms with Crippen molar-refractivity contribution in [3.8, 4) is 11.4 Å². The first-order chi connectivity index (χ1) is 13.1. The number of nitrogens with two attached hydrogens (primary N) is 1. The second-order valence-electron chi connectivity index (χ2n) is 5.50. The van der Waals surface area contributed by atoms with Crippen molar-refractivity contribution >= 4 is 51.0 Å². The average molecular weight is 464 g/mol. The number of benzene rings is 2. The predicted octanol–water partition coefficient (Wildman–Crippen LogP) is 4.26. The summed E-state index contributed by atoms with van der Waals surface area (Å²) in [4.78, 5) is 13.3. The van der Waals surface area contributed by atoms with Gasteiger partial charge in [-0.15, -0.1) is 22.0 Å². The summed E-state index contributed by atoms with van der Waals surface area (Å²) in [7, 11) is 0. The van der Waals surface area contributed by atoms with Crippen LogP contribution in [0.3, 0.4) is 0 Å². The minimum Gasteiger partial charge on any atom is -0.335 e. The third-order valence-corrected chi connectivity index (χ3v) is 6.15. The van der Waals surface area contributed by atoms with E-state index >= 15 is 0 Å². The number of nitrogen functional groups attached to an aromatic ring is 1. The first-order valence-electron chi connectivity index (χ1n) is 8.11. The van der Waals surface area contributed by atoms with Crippen molar-refractivity contribution < 1.29 is 4.79 Å². The zero-order valence-corrected chi connectivity index (χ0v) is 17.8. The number of carbonyl (C=O) groups is 1. The number of carbonyl (C=O) groups excluding carboxylic acids is 1. The van der Waals surface area contributed by atoms with Crippen LogP contribution in [0.15, 0.2) is 63.1 Å². The topological polar surface area (TPSA) is 85.8 Å². The number of hydrogen-bond donors (Lipinski definition) is 2. The van der Waals surface area contributed by atoms with Gasteiger partial charge in [-0.25, -0.2) is 4.68 Å². The molecule has 140 valence electrons. The van der Waals surface area contributed by atoms with Crippen LogP contribution in [0.5, 0.6) is 0 Å². The molecule has 0 radical (unpaired) electrons. The summed E-state index contributed by atoms with van der Waals surface area (Å²) in [6.45, 7) is 0. The molecular weight excluding hydrogens is 446 g/mol. The zero-order chi connectivity index (χ0) is 19.2. The summed E-state index contributed by atoms with van der Waals surface area (Å²) in [5.74, 6) is 7.21. The fourth-order valence-corrected chi connectivity index (χ4v) is 4.21. The Balaban J connectivity index is 1.58. The van der Waals surface area contributed by atoms with Gasteiger partial charge in [0.15, 0.2) is 5.82 Å². The lowest BCUT2D eigenvalue weighted by molar-refractivity contribution is -0.115. The Morgan fingerprint density at radius 1 is 1.19 bits per heavy atom. The van der Waals surface area contributed by atoms with E-state index in [-0.39, 0.29) is 5.91 Å². The molecule has 3 rings (SSSR count). The average Bonchev–Trinajstić information content (AvgIpc) is 3.03. The summed E-state index contributed by atoms with van der Waals surface area (Å²) in [5.41, 5.74) is 1.70. The van der Waals surface area contributed by atoms with Crippen LogP contribution in [-0.4, -0.2) is 32.8 Å². The maximum atomic E-state index is 12.2. The van der Waals surface area contributed by atoms with Crippen LogP contribution in [0.2, 0.25) is 0 Å². The molecule has 0 saturated heterocycles. The lowest BCUT2D eigenvalue weighted by Gasteiger charge is -2.09. The molecule has 3 aromatic rings. The van der Waals surface area contributed by atoms with Crippen molar-refractivity contribution in [3.63, 3.8) is 0 Å². The third-order valence-electron chi connectivity index (χ3n) is 3.72. The molecule has 0 saturated carbocycles. The number of halogens is 1. The van der Waals surface area contributed by atoms with Crippen LogP contribution < -0.4 is 11.2 Å². The standard InChI is InChI=1S/C18H18BrN5OS2/c1-26-15-9-5-4-8-14(15)21-16(25)10-11-27-18-23-22-17(24(18)20)12-6-2-3-7-13(12)19/h2-9H,10-11,20H2,1H3,(H,21,25). The minimum absolute atomic E-state index is 0.0434. The van der Waals surface area contributed by atoms with Gasteiger partial charge in [-0.2, -0.15) is 0 Å². The number of aromatic nitrogens is 3. The van der Waals surface area contributed by atoms with Gasteiger partial charge in [-0.05, 0) is 30.5 Å². The molecule has 0 unspecified atom stereocenters. The van der Waals surface area contributed by atoms with E-state index in [1.807, 2.05) is 54.8 Å². The molecule has 0 aliphatic carbocycles. The molecule has 6 nitrogen and oxygen atoms in total. The van der Waals surface area contributed by atoms with Gasteiger partial charge in [0.1, 0.15) is 0 Å². The third kappa shape index (κ3) is 4.85. The molecule has 0 fully saturated rings. The SMILES string of the molecule is CSc1ccccc1NC(=O)CCSc1nnc(-c2ccccc2Br)n1N. The van der Waals surface area contributed by atoms with Crippen molar-refractivity contribution in [1.29, 1.82) is 0 Å². The number of para-hydroxylation sites is 1. The van der Waals surface area contributed by atoms with Crippen molar-refractivity contribution in [2.45, 2.75) is 16.5 Å². The second-order valence-corrected chi connectivity index (χ2v) is 8.27. The lowest BCUT2D eigenvalue weighted by atomic mass is 10.2. The Kier molecular flexibility index (Phi) is 6.81. The molecule has 27 heavy (non-hydrogen) atoms. The van der Waals surface area contributed by atoms with Crippen LogP contribution in [0, 0.1) is 0 Å². The van der Waals surface area contributed by atoms with Gasteiger partial charge < -0.3 is 11.2 Å². The number of nitrogens with one attached hydrogen (secondary N) is 1. The molecule has 0 bridgehead atoms. The van der Waals surface area contributed by atoms with Crippen molar-refractivity contribution in [1.82, 2.24) is 14.9 Å². The lowest BCUT2D eigenvalue weighted by Crippen LogP contribution is -2.14. The first kappa shape index (κ1) is 19.8. The van der Waals surface area contributed by atoms with E-state index in [2.05, 4.69) is 31.4 Å². The Bertz CT molecular complexity index is 947. The fraction of sp³-hybridized carbons (Fsp3) is 0.167. The van der Waals surface area contributed by atoms with Crippen LogP contribution in [-0.2, 0) is 4.79 Å². The van der Waals surface area contributed by atoms with Gasteiger partial charge in [0.2, 0.25) is 11.1 Å². The minimum atomic E-state index is -0.0434. The van der Waals surface area contributed by atoms with E-state index in [4.69, 9.17) is 5.84 Å². The number of nitrogens with zero attached hydrogens (tertiary/aromatic N) is 3. The van der Waals surface area contributed by atoms with Crippen LogP contribution in [0.4, 0.5) is 5.69 Å². The Hall–Kier alpha value is -1.97.